The molecule has 3 heterocycles. The van der Waals surface area contributed by atoms with Crippen LogP contribution >= 0.6 is 0 Å². The molecule has 1 aromatic carbocycles. The van der Waals surface area contributed by atoms with Gasteiger partial charge in [-0.25, -0.2) is 0 Å². The number of rotatable bonds is 2. The van der Waals surface area contributed by atoms with Crippen LogP contribution in [0.1, 0.15) is 35.0 Å². The summed E-state index contributed by atoms with van der Waals surface area (Å²) in [5.74, 6) is -0.0652. The summed E-state index contributed by atoms with van der Waals surface area (Å²) in [5, 5.41) is 7.91. The first kappa shape index (κ1) is 13.5. The summed E-state index contributed by atoms with van der Waals surface area (Å²) in [6.07, 6.45) is 2.54. The van der Waals surface area contributed by atoms with E-state index in [2.05, 4.69) is 22.4 Å². The van der Waals surface area contributed by atoms with Crippen molar-refractivity contribution in [3.8, 4) is 0 Å². The van der Waals surface area contributed by atoms with Crippen molar-refractivity contribution in [2.45, 2.75) is 32.1 Å². The number of aryl methyl sites for hydroxylation is 1. The van der Waals surface area contributed by atoms with Gasteiger partial charge in [-0.1, -0.05) is 29.5 Å². The number of fused-ring (bicyclic) bond motifs is 2. The van der Waals surface area contributed by atoms with Crippen molar-refractivity contribution in [3.63, 3.8) is 0 Å². The van der Waals surface area contributed by atoms with Crippen molar-refractivity contribution in [2.75, 3.05) is 13.1 Å². The Morgan fingerprint density at radius 3 is 3.09 bits per heavy atom. The second kappa shape index (κ2) is 4.91. The SMILES string of the molecule is CCn1cc(C(=O)N2CCC3(C2)OCc2ccccc23)nn1. The molecule has 0 bridgehead atoms. The van der Waals surface area contributed by atoms with Crippen molar-refractivity contribution in [1.29, 1.82) is 0 Å². The summed E-state index contributed by atoms with van der Waals surface area (Å²) >= 11 is 0. The average Bonchev–Trinajstić information content (AvgIpc) is 3.27. The van der Waals surface area contributed by atoms with Crippen LogP contribution < -0.4 is 0 Å². The topological polar surface area (TPSA) is 60.2 Å². The number of carbonyl (C=O) groups is 1. The molecule has 2 aliphatic heterocycles. The third-order valence-corrected chi connectivity index (χ3v) is 4.61. The van der Waals surface area contributed by atoms with E-state index in [0.717, 1.165) is 6.42 Å². The normalized spacial score (nSPS) is 23.2. The molecule has 2 aliphatic rings. The molecule has 1 amide bonds. The van der Waals surface area contributed by atoms with Gasteiger partial charge in [0.1, 0.15) is 5.60 Å². The Bertz CT molecular complexity index is 726. The van der Waals surface area contributed by atoms with Crippen LogP contribution in [0.2, 0.25) is 0 Å². The Morgan fingerprint density at radius 1 is 1.41 bits per heavy atom. The van der Waals surface area contributed by atoms with Crippen molar-refractivity contribution in [3.05, 3.63) is 47.3 Å². The smallest absolute Gasteiger partial charge is 0.276 e. The number of nitrogens with zero attached hydrogens (tertiary/aromatic N) is 4. The number of hydrogen-bond acceptors (Lipinski definition) is 4. The molecular weight excluding hydrogens is 280 g/mol. The standard InChI is InChI=1S/C16H18N4O2/c1-2-20-9-14(17-18-20)15(21)19-8-7-16(11-19)13-6-4-3-5-12(13)10-22-16/h3-6,9H,2,7-8,10-11H2,1H3. The molecule has 0 aliphatic carbocycles. The Labute approximate surface area is 128 Å². The average molecular weight is 298 g/mol. The molecule has 1 aromatic heterocycles. The molecule has 1 unspecified atom stereocenters. The molecule has 6 nitrogen and oxygen atoms in total. The summed E-state index contributed by atoms with van der Waals surface area (Å²) in [5.41, 5.74) is 2.52. The van der Waals surface area contributed by atoms with Crippen molar-refractivity contribution < 1.29 is 9.53 Å². The summed E-state index contributed by atoms with van der Waals surface area (Å²) in [6, 6.07) is 8.28. The third kappa shape index (κ3) is 1.94. The Hall–Kier alpha value is -2.21. The number of ether oxygens (including phenoxy) is 1. The molecule has 0 radical (unpaired) electrons. The first-order valence-corrected chi connectivity index (χ1v) is 7.63. The molecule has 114 valence electrons. The predicted octanol–water partition coefficient (Wildman–Crippen LogP) is 1.57. The van der Waals surface area contributed by atoms with Gasteiger partial charge in [0.05, 0.1) is 19.3 Å². The van der Waals surface area contributed by atoms with Crippen LogP contribution in [0.25, 0.3) is 0 Å². The maximum atomic E-state index is 12.6. The molecule has 1 fully saturated rings. The minimum Gasteiger partial charge on any atom is -0.364 e. The van der Waals surface area contributed by atoms with E-state index in [-0.39, 0.29) is 11.5 Å². The predicted molar refractivity (Wildman–Crippen MR) is 79.1 cm³/mol. The van der Waals surface area contributed by atoms with Gasteiger partial charge in [0.2, 0.25) is 0 Å². The minimum atomic E-state index is -0.340. The maximum Gasteiger partial charge on any atom is 0.276 e. The molecule has 4 rings (SSSR count). The quantitative estimate of drug-likeness (QED) is 0.844. The summed E-state index contributed by atoms with van der Waals surface area (Å²) in [4.78, 5) is 14.4. The van der Waals surface area contributed by atoms with Gasteiger partial charge < -0.3 is 9.64 Å². The lowest BCUT2D eigenvalue weighted by Gasteiger charge is -2.24. The third-order valence-electron chi connectivity index (χ3n) is 4.61. The molecule has 0 N–H and O–H groups in total. The zero-order chi connectivity index (χ0) is 15.2. The van der Waals surface area contributed by atoms with E-state index < -0.39 is 0 Å². The second-order valence-corrected chi connectivity index (χ2v) is 5.88. The molecule has 1 spiro atoms. The van der Waals surface area contributed by atoms with E-state index in [4.69, 9.17) is 4.74 Å². The first-order valence-electron chi connectivity index (χ1n) is 7.63. The zero-order valence-corrected chi connectivity index (χ0v) is 12.5. The van der Waals surface area contributed by atoms with Crippen LogP contribution in [-0.4, -0.2) is 38.9 Å². The summed E-state index contributed by atoms with van der Waals surface area (Å²) in [7, 11) is 0. The van der Waals surface area contributed by atoms with Gasteiger partial charge in [-0.3, -0.25) is 9.48 Å². The number of carbonyl (C=O) groups excluding carboxylic acids is 1. The Kier molecular flexibility index (Phi) is 3.00. The van der Waals surface area contributed by atoms with Crippen molar-refractivity contribution in [1.82, 2.24) is 19.9 Å². The summed E-state index contributed by atoms with van der Waals surface area (Å²) < 4.78 is 7.75. The van der Waals surface area contributed by atoms with Crippen molar-refractivity contribution in [2.24, 2.45) is 0 Å². The molecule has 6 heteroatoms. The van der Waals surface area contributed by atoms with Crippen LogP contribution in [0.3, 0.4) is 0 Å². The van der Waals surface area contributed by atoms with Crippen LogP contribution in [0.15, 0.2) is 30.5 Å². The fraction of sp³-hybridized carbons (Fsp3) is 0.438. The lowest BCUT2D eigenvalue weighted by molar-refractivity contribution is -0.0283. The van der Waals surface area contributed by atoms with E-state index in [1.165, 1.54) is 11.1 Å². The van der Waals surface area contributed by atoms with Crippen LogP contribution in [0.5, 0.6) is 0 Å². The van der Waals surface area contributed by atoms with Crippen LogP contribution in [0, 0.1) is 0 Å². The number of hydrogen-bond donors (Lipinski definition) is 0. The number of likely N-dealkylation sites (tertiary alicyclic amines) is 1. The fourth-order valence-corrected chi connectivity index (χ4v) is 3.39. The molecule has 1 atom stereocenters. The molecule has 22 heavy (non-hydrogen) atoms. The monoisotopic (exact) mass is 298 g/mol. The fourth-order valence-electron chi connectivity index (χ4n) is 3.39. The van der Waals surface area contributed by atoms with Gasteiger partial charge in [0.15, 0.2) is 5.69 Å². The van der Waals surface area contributed by atoms with Gasteiger partial charge in [0.25, 0.3) is 5.91 Å². The molecule has 2 aromatic rings. The lowest BCUT2D eigenvalue weighted by Crippen LogP contribution is -2.34. The minimum absolute atomic E-state index is 0.0652. The van der Waals surface area contributed by atoms with Crippen molar-refractivity contribution >= 4 is 5.91 Å². The summed E-state index contributed by atoms with van der Waals surface area (Å²) in [6.45, 7) is 4.58. The van der Waals surface area contributed by atoms with Gasteiger partial charge in [0, 0.05) is 13.1 Å². The van der Waals surface area contributed by atoms with Gasteiger partial charge in [-0.15, -0.1) is 5.10 Å². The second-order valence-electron chi connectivity index (χ2n) is 5.88. The van der Waals surface area contributed by atoms with E-state index in [9.17, 15) is 4.79 Å². The highest BCUT2D eigenvalue weighted by atomic mass is 16.5. The Balaban J connectivity index is 1.57. The first-order chi connectivity index (χ1) is 10.7. The number of benzene rings is 1. The van der Waals surface area contributed by atoms with Gasteiger partial charge >= 0.3 is 0 Å². The molecule has 0 saturated carbocycles. The van der Waals surface area contributed by atoms with Gasteiger partial charge in [-0.05, 0) is 24.5 Å². The maximum absolute atomic E-state index is 12.6. The van der Waals surface area contributed by atoms with E-state index in [1.807, 2.05) is 24.0 Å². The Morgan fingerprint density at radius 2 is 2.27 bits per heavy atom. The number of aromatic nitrogens is 3. The zero-order valence-electron chi connectivity index (χ0n) is 12.5. The highest BCUT2D eigenvalue weighted by Gasteiger charge is 2.47. The highest BCUT2D eigenvalue weighted by molar-refractivity contribution is 5.92. The van der Waals surface area contributed by atoms with E-state index in [1.54, 1.807) is 10.9 Å². The van der Waals surface area contributed by atoms with Crippen LogP contribution in [-0.2, 0) is 23.5 Å². The molecule has 1 saturated heterocycles. The largest absolute Gasteiger partial charge is 0.364 e. The van der Waals surface area contributed by atoms with E-state index in [0.29, 0.717) is 31.9 Å². The van der Waals surface area contributed by atoms with E-state index >= 15 is 0 Å². The highest BCUT2D eigenvalue weighted by Crippen LogP contribution is 2.43. The van der Waals surface area contributed by atoms with Crippen LogP contribution in [0.4, 0.5) is 0 Å². The lowest BCUT2D eigenvalue weighted by atomic mass is 9.92. The molecular formula is C16H18N4O2. The van der Waals surface area contributed by atoms with Gasteiger partial charge in [-0.2, -0.15) is 0 Å². The number of amides is 1.